The maximum atomic E-state index is 11.2. The van der Waals surface area contributed by atoms with Crippen LogP contribution >= 0.6 is 0 Å². The van der Waals surface area contributed by atoms with Crippen molar-refractivity contribution in [3.05, 3.63) is 72.8 Å². The zero-order chi connectivity index (χ0) is 13.9. The van der Waals surface area contributed by atoms with E-state index in [1.165, 1.54) is 16.8 Å². The lowest BCUT2D eigenvalue weighted by molar-refractivity contribution is -0.138. The molecular formula is C18H14O2. The molecule has 0 saturated carbocycles. The molecule has 3 aromatic carbocycles. The highest BCUT2D eigenvalue weighted by molar-refractivity contribution is 6.09. The average Bonchev–Trinajstić information content (AvgIpc) is 2.52. The fourth-order valence-electron chi connectivity index (χ4n) is 2.47. The Balaban J connectivity index is 2.18. The van der Waals surface area contributed by atoms with Gasteiger partial charge in [0.15, 0.2) is 0 Å². The van der Waals surface area contributed by atoms with Gasteiger partial charge in [0.1, 0.15) is 6.61 Å². The molecule has 0 unspecified atom stereocenters. The van der Waals surface area contributed by atoms with Crippen molar-refractivity contribution < 1.29 is 9.53 Å². The van der Waals surface area contributed by atoms with Crippen LogP contribution in [-0.2, 0) is 16.1 Å². The van der Waals surface area contributed by atoms with Crippen molar-refractivity contribution in [1.29, 1.82) is 0 Å². The molecule has 0 fully saturated rings. The van der Waals surface area contributed by atoms with E-state index in [1.54, 1.807) is 0 Å². The van der Waals surface area contributed by atoms with Gasteiger partial charge in [-0.1, -0.05) is 61.2 Å². The Hall–Kier alpha value is -2.61. The van der Waals surface area contributed by atoms with Gasteiger partial charge in [-0.05, 0) is 27.1 Å². The summed E-state index contributed by atoms with van der Waals surface area (Å²) in [6.07, 6.45) is 1.18. The first-order valence-corrected chi connectivity index (χ1v) is 6.48. The predicted octanol–water partition coefficient (Wildman–Crippen LogP) is 4.22. The fourth-order valence-corrected chi connectivity index (χ4v) is 2.47. The number of carbonyl (C=O) groups excluding carboxylic acids is 1. The van der Waals surface area contributed by atoms with Crippen molar-refractivity contribution in [2.45, 2.75) is 6.61 Å². The van der Waals surface area contributed by atoms with Crippen molar-refractivity contribution >= 4 is 27.5 Å². The first kappa shape index (κ1) is 12.4. The van der Waals surface area contributed by atoms with Crippen molar-refractivity contribution in [2.75, 3.05) is 0 Å². The molecule has 0 bridgehead atoms. The molecule has 0 spiro atoms. The largest absolute Gasteiger partial charge is 0.458 e. The van der Waals surface area contributed by atoms with Gasteiger partial charge in [-0.25, -0.2) is 4.79 Å². The number of hydrogen-bond donors (Lipinski definition) is 0. The number of carbonyl (C=O) groups is 1. The molecule has 0 atom stereocenters. The second kappa shape index (κ2) is 5.17. The Morgan fingerprint density at radius 1 is 1.00 bits per heavy atom. The number of benzene rings is 3. The Morgan fingerprint density at radius 2 is 1.75 bits per heavy atom. The molecule has 2 heteroatoms. The highest BCUT2D eigenvalue weighted by Crippen LogP contribution is 2.28. The van der Waals surface area contributed by atoms with E-state index in [-0.39, 0.29) is 6.61 Å². The minimum atomic E-state index is -0.401. The molecule has 0 aliphatic rings. The Morgan fingerprint density at radius 3 is 2.60 bits per heavy atom. The van der Waals surface area contributed by atoms with Crippen molar-refractivity contribution in [1.82, 2.24) is 0 Å². The van der Waals surface area contributed by atoms with E-state index in [0.717, 1.165) is 16.3 Å². The smallest absolute Gasteiger partial charge is 0.330 e. The minimum absolute atomic E-state index is 0.260. The monoisotopic (exact) mass is 262 g/mol. The van der Waals surface area contributed by atoms with E-state index in [2.05, 4.69) is 36.9 Å². The summed E-state index contributed by atoms with van der Waals surface area (Å²) in [5.74, 6) is -0.401. The molecule has 0 saturated heterocycles. The standard InChI is InChI=1S/C18H14O2/c1-2-17(19)20-12-15-8-5-7-14-11-10-13-6-3-4-9-16(13)18(14)15/h2-11H,1,12H2. The SMILES string of the molecule is C=CC(=O)OCc1cccc2ccc3ccccc3c12. The summed E-state index contributed by atoms with van der Waals surface area (Å²) in [7, 11) is 0. The summed E-state index contributed by atoms with van der Waals surface area (Å²) >= 11 is 0. The number of ether oxygens (including phenoxy) is 1. The predicted molar refractivity (Wildman–Crippen MR) is 81.4 cm³/mol. The van der Waals surface area contributed by atoms with Gasteiger partial charge in [0.2, 0.25) is 0 Å². The lowest BCUT2D eigenvalue weighted by Crippen LogP contribution is -2.00. The normalized spacial score (nSPS) is 10.6. The van der Waals surface area contributed by atoms with Gasteiger partial charge in [0.25, 0.3) is 0 Å². The summed E-state index contributed by atoms with van der Waals surface area (Å²) in [6, 6.07) is 18.5. The molecule has 0 aliphatic heterocycles. The second-order valence-corrected chi connectivity index (χ2v) is 4.61. The summed E-state index contributed by atoms with van der Waals surface area (Å²) in [6.45, 7) is 3.67. The minimum Gasteiger partial charge on any atom is -0.458 e. The van der Waals surface area contributed by atoms with Gasteiger partial charge in [0.05, 0.1) is 0 Å². The maximum absolute atomic E-state index is 11.2. The first-order chi connectivity index (χ1) is 9.79. The van der Waals surface area contributed by atoms with Gasteiger partial charge >= 0.3 is 5.97 Å². The molecule has 3 rings (SSSR count). The van der Waals surface area contributed by atoms with Crippen LogP contribution in [0.15, 0.2) is 67.3 Å². The van der Waals surface area contributed by atoms with Crippen molar-refractivity contribution in [3.63, 3.8) is 0 Å². The first-order valence-electron chi connectivity index (χ1n) is 6.48. The summed E-state index contributed by atoms with van der Waals surface area (Å²) in [4.78, 5) is 11.2. The highest BCUT2D eigenvalue weighted by atomic mass is 16.5. The van der Waals surface area contributed by atoms with E-state index >= 15 is 0 Å². The van der Waals surface area contributed by atoms with Gasteiger partial charge in [-0.2, -0.15) is 0 Å². The molecule has 0 N–H and O–H groups in total. The molecule has 20 heavy (non-hydrogen) atoms. The number of rotatable bonds is 3. The molecular weight excluding hydrogens is 248 g/mol. The lowest BCUT2D eigenvalue weighted by Gasteiger charge is -2.10. The van der Waals surface area contributed by atoms with Gasteiger partial charge in [-0.15, -0.1) is 0 Å². The second-order valence-electron chi connectivity index (χ2n) is 4.61. The van der Waals surface area contributed by atoms with E-state index in [1.807, 2.05) is 24.3 Å². The molecule has 2 nitrogen and oxygen atoms in total. The molecule has 0 aromatic heterocycles. The van der Waals surface area contributed by atoms with Crippen LogP contribution in [-0.4, -0.2) is 5.97 Å². The van der Waals surface area contributed by atoms with Crippen LogP contribution in [0.4, 0.5) is 0 Å². The Labute approximate surface area is 117 Å². The van der Waals surface area contributed by atoms with E-state index < -0.39 is 5.97 Å². The Bertz CT molecular complexity index is 803. The van der Waals surface area contributed by atoms with Crippen LogP contribution in [0.1, 0.15) is 5.56 Å². The van der Waals surface area contributed by atoms with Gasteiger partial charge < -0.3 is 4.74 Å². The topological polar surface area (TPSA) is 26.3 Å². The molecule has 3 aromatic rings. The summed E-state index contributed by atoms with van der Waals surface area (Å²) in [5.41, 5.74) is 1.01. The lowest BCUT2D eigenvalue weighted by atomic mass is 9.98. The van der Waals surface area contributed by atoms with Crippen LogP contribution < -0.4 is 0 Å². The van der Waals surface area contributed by atoms with Crippen LogP contribution in [0.3, 0.4) is 0 Å². The zero-order valence-electron chi connectivity index (χ0n) is 11.0. The number of fused-ring (bicyclic) bond motifs is 3. The molecule has 0 aliphatic carbocycles. The van der Waals surface area contributed by atoms with Crippen LogP contribution in [0, 0.1) is 0 Å². The third kappa shape index (κ3) is 2.16. The Kier molecular flexibility index (Phi) is 3.21. The van der Waals surface area contributed by atoms with Gasteiger partial charge in [0, 0.05) is 6.08 Å². The molecule has 98 valence electrons. The van der Waals surface area contributed by atoms with E-state index in [4.69, 9.17) is 4.74 Å². The molecule has 0 heterocycles. The molecule has 0 radical (unpaired) electrons. The van der Waals surface area contributed by atoms with Crippen LogP contribution in [0.2, 0.25) is 0 Å². The third-order valence-corrected chi connectivity index (χ3v) is 3.39. The number of hydrogen-bond acceptors (Lipinski definition) is 2. The fraction of sp³-hybridized carbons (Fsp3) is 0.0556. The van der Waals surface area contributed by atoms with E-state index in [0.29, 0.717) is 0 Å². The van der Waals surface area contributed by atoms with Crippen LogP contribution in [0.25, 0.3) is 21.5 Å². The maximum Gasteiger partial charge on any atom is 0.330 e. The highest BCUT2D eigenvalue weighted by Gasteiger charge is 2.07. The van der Waals surface area contributed by atoms with Crippen molar-refractivity contribution in [3.8, 4) is 0 Å². The summed E-state index contributed by atoms with van der Waals surface area (Å²) in [5, 5.41) is 4.65. The van der Waals surface area contributed by atoms with E-state index in [9.17, 15) is 4.79 Å². The third-order valence-electron chi connectivity index (χ3n) is 3.39. The average molecular weight is 262 g/mol. The zero-order valence-corrected chi connectivity index (χ0v) is 11.0. The molecule has 0 amide bonds. The summed E-state index contributed by atoms with van der Waals surface area (Å²) < 4.78 is 5.18. The van der Waals surface area contributed by atoms with Gasteiger partial charge in [-0.3, -0.25) is 0 Å². The number of esters is 1. The quantitative estimate of drug-likeness (QED) is 0.401. The van der Waals surface area contributed by atoms with Crippen molar-refractivity contribution in [2.24, 2.45) is 0 Å². The van der Waals surface area contributed by atoms with Crippen LogP contribution in [0.5, 0.6) is 0 Å².